The van der Waals surface area contributed by atoms with Gasteiger partial charge in [-0.3, -0.25) is 4.79 Å². The predicted molar refractivity (Wildman–Crippen MR) is 71.1 cm³/mol. The van der Waals surface area contributed by atoms with Crippen LogP contribution in [0.15, 0.2) is 24.3 Å². The Labute approximate surface area is 104 Å². The molecular weight excluding hydrogens is 212 g/mol. The lowest BCUT2D eigenvalue weighted by Crippen LogP contribution is -2.31. The third-order valence-corrected chi connectivity index (χ3v) is 2.77. The molecule has 0 fully saturated rings. The van der Waals surface area contributed by atoms with Gasteiger partial charge in [-0.2, -0.15) is 0 Å². The van der Waals surface area contributed by atoms with Crippen LogP contribution in [0.2, 0.25) is 0 Å². The van der Waals surface area contributed by atoms with E-state index < -0.39 is 0 Å². The van der Waals surface area contributed by atoms with Crippen molar-refractivity contribution in [1.29, 1.82) is 0 Å². The van der Waals surface area contributed by atoms with Crippen molar-refractivity contribution >= 4 is 5.91 Å². The van der Waals surface area contributed by atoms with Crippen molar-refractivity contribution in [2.75, 3.05) is 19.6 Å². The monoisotopic (exact) mass is 234 g/mol. The Bertz CT molecular complexity index is 363. The summed E-state index contributed by atoms with van der Waals surface area (Å²) in [5, 5.41) is 0. The van der Waals surface area contributed by atoms with E-state index in [1.54, 1.807) is 0 Å². The molecule has 0 bridgehead atoms. The molecule has 0 atom stereocenters. The Balaban J connectivity index is 2.83. The largest absolute Gasteiger partial charge is 0.339 e. The zero-order chi connectivity index (χ0) is 12.7. The van der Waals surface area contributed by atoms with Crippen molar-refractivity contribution in [2.24, 2.45) is 5.73 Å². The van der Waals surface area contributed by atoms with Crippen molar-refractivity contribution < 1.29 is 4.79 Å². The molecule has 0 aromatic heterocycles. The molecule has 0 aliphatic carbocycles. The van der Waals surface area contributed by atoms with Crippen molar-refractivity contribution in [2.45, 2.75) is 26.7 Å². The number of hydrogen-bond donors (Lipinski definition) is 1. The van der Waals surface area contributed by atoms with Crippen molar-refractivity contribution in [3.63, 3.8) is 0 Å². The van der Waals surface area contributed by atoms with Gasteiger partial charge in [0.25, 0.3) is 5.91 Å². The second-order valence-electron chi connectivity index (χ2n) is 4.12. The van der Waals surface area contributed by atoms with E-state index in [2.05, 4.69) is 6.92 Å². The lowest BCUT2D eigenvalue weighted by atomic mass is 10.1. The second kappa shape index (κ2) is 7.07. The van der Waals surface area contributed by atoms with E-state index in [9.17, 15) is 4.79 Å². The van der Waals surface area contributed by atoms with Crippen LogP contribution >= 0.6 is 0 Å². The van der Waals surface area contributed by atoms with Gasteiger partial charge in [-0.05, 0) is 44.0 Å². The minimum absolute atomic E-state index is 0.119. The molecule has 1 amide bonds. The van der Waals surface area contributed by atoms with E-state index in [4.69, 9.17) is 5.73 Å². The minimum atomic E-state index is 0.119. The fraction of sp³-hybridized carbons (Fsp3) is 0.500. The molecule has 0 spiro atoms. The maximum absolute atomic E-state index is 12.2. The zero-order valence-electron chi connectivity index (χ0n) is 10.8. The summed E-state index contributed by atoms with van der Waals surface area (Å²) in [6.45, 7) is 6.28. The smallest absolute Gasteiger partial charge is 0.253 e. The van der Waals surface area contributed by atoms with Crippen LogP contribution in [-0.4, -0.2) is 30.4 Å². The van der Waals surface area contributed by atoms with Crippen LogP contribution in [0, 0.1) is 0 Å². The first-order valence-corrected chi connectivity index (χ1v) is 6.31. The van der Waals surface area contributed by atoms with Crippen molar-refractivity contribution in [1.82, 2.24) is 4.90 Å². The quantitative estimate of drug-likeness (QED) is 0.819. The second-order valence-corrected chi connectivity index (χ2v) is 4.12. The summed E-state index contributed by atoms with van der Waals surface area (Å²) in [4.78, 5) is 14.1. The zero-order valence-corrected chi connectivity index (χ0v) is 10.8. The molecular formula is C14H22N2O. The highest BCUT2D eigenvalue weighted by Gasteiger charge is 2.13. The van der Waals surface area contributed by atoms with Crippen molar-refractivity contribution in [3.8, 4) is 0 Å². The molecule has 17 heavy (non-hydrogen) atoms. The van der Waals surface area contributed by atoms with Gasteiger partial charge in [-0.25, -0.2) is 0 Å². The molecule has 94 valence electrons. The molecule has 0 radical (unpaired) electrons. The van der Waals surface area contributed by atoms with Gasteiger partial charge < -0.3 is 10.6 Å². The number of nitrogens with zero attached hydrogens (tertiary/aromatic N) is 1. The average Bonchev–Trinajstić information content (AvgIpc) is 2.36. The van der Waals surface area contributed by atoms with Gasteiger partial charge in [-0.15, -0.1) is 0 Å². The number of amides is 1. The van der Waals surface area contributed by atoms with E-state index in [1.807, 2.05) is 36.1 Å². The van der Waals surface area contributed by atoms with Crippen LogP contribution in [-0.2, 0) is 6.42 Å². The van der Waals surface area contributed by atoms with Gasteiger partial charge >= 0.3 is 0 Å². The summed E-state index contributed by atoms with van der Waals surface area (Å²) < 4.78 is 0. The summed E-state index contributed by atoms with van der Waals surface area (Å²) in [5.74, 6) is 0.119. The van der Waals surface area contributed by atoms with E-state index in [-0.39, 0.29) is 5.91 Å². The highest BCUT2D eigenvalue weighted by atomic mass is 16.2. The Kier molecular flexibility index (Phi) is 5.70. The highest BCUT2D eigenvalue weighted by Crippen LogP contribution is 2.09. The molecule has 2 N–H and O–H groups in total. The van der Waals surface area contributed by atoms with Gasteiger partial charge in [0.1, 0.15) is 0 Å². The molecule has 1 aromatic carbocycles. The van der Waals surface area contributed by atoms with Crippen LogP contribution in [0.4, 0.5) is 0 Å². The van der Waals surface area contributed by atoms with E-state index >= 15 is 0 Å². The Morgan fingerprint density at radius 1 is 1.35 bits per heavy atom. The summed E-state index contributed by atoms with van der Waals surface area (Å²) in [7, 11) is 0. The maximum Gasteiger partial charge on any atom is 0.253 e. The topological polar surface area (TPSA) is 46.3 Å². The Morgan fingerprint density at radius 2 is 2.12 bits per heavy atom. The fourth-order valence-corrected chi connectivity index (χ4v) is 1.88. The first-order chi connectivity index (χ1) is 8.22. The molecule has 0 saturated carbocycles. The van der Waals surface area contributed by atoms with E-state index in [1.165, 1.54) is 0 Å². The molecule has 0 aliphatic heterocycles. The number of carbonyl (C=O) groups is 1. The number of benzene rings is 1. The first-order valence-electron chi connectivity index (χ1n) is 6.31. The standard InChI is InChI=1S/C14H22N2O/c1-3-10-16(4-2)14(17)13-7-5-6-12(11-13)8-9-15/h5-7,11H,3-4,8-10,15H2,1-2H3. The van der Waals surface area contributed by atoms with Gasteiger partial charge in [0.2, 0.25) is 0 Å². The van der Waals surface area contributed by atoms with E-state index in [0.717, 1.165) is 37.1 Å². The summed E-state index contributed by atoms with van der Waals surface area (Å²) in [6.07, 6.45) is 1.81. The molecule has 1 rings (SSSR count). The summed E-state index contributed by atoms with van der Waals surface area (Å²) >= 11 is 0. The number of nitrogens with two attached hydrogens (primary N) is 1. The Morgan fingerprint density at radius 3 is 2.71 bits per heavy atom. The fourth-order valence-electron chi connectivity index (χ4n) is 1.88. The SMILES string of the molecule is CCCN(CC)C(=O)c1cccc(CCN)c1. The van der Waals surface area contributed by atoms with Crippen LogP contribution < -0.4 is 5.73 Å². The Hall–Kier alpha value is -1.35. The third kappa shape index (κ3) is 3.86. The lowest BCUT2D eigenvalue weighted by Gasteiger charge is -2.20. The van der Waals surface area contributed by atoms with Crippen LogP contribution in [0.3, 0.4) is 0 Å². The van der Waals surface area contributed by atoms with Gasteiger partial charge in [0.05, 0.1) is 0 Å². The predicted octanol–water partition coefficient (Wildman–Crippen LogP) is 2.06. The molecule has 0 heterocycles. The van der Waals surface area contributed by atoms with Gasteiger partial charge in [0.15, 0.2) is 0 Å². The lowest BCUT2D eigenvalue weighted by molar-refractivity contribution is 0.0764. The molecule has 0 unspecified atom stereocenters. The van der Waals surface area contributed by atoms with Crippen LogP contribution in [0.25, 0.3) is 0 Å². The molecule has 0 saturated heterocycles. The number of carbonyl (C=O) groups excluding carboxylic acids is 1. The summed E-state index contributed by atoms with van der Waals surface area (Å²) in [6, 6.07) is 7.77. The molecule has 0 aliphatic rings. The number of rotatable bonds is 6. The molecule has 1 aromatic rings. The maximum atomic E-state index is 12.2. The average molecular weight is 234 g/mol. The van der Waals surface area contributed by atoms with Crippen molar-refractivity contribution in [3.05, 3.63) is 35.4 Å². The molecule has 3 heteroatoms. The van der Waals surface area contributed by atoms with Crippen LogP contribution in [0.1, 0.15) is 36.2 Å². The first kappa shape index (κ1) is 13.7. The highest BCUT2D eigenvalue weighted by molar-refractivity contribution is 5.94. The van der Waals surface area contributed by atoms with Gasteiger partial charge in [0, 0.05) is 18.7 Å². The summed E-state index contributed by atoms with van der Waals surface area (Å²) in [5.41, 5.74) is 7.43. The number of hydrogen-bond acceptors (Lipinski definition) is 2. The minimum Gasteiger partial charge on any atom is -0.339 e. The van der Waals surface area contributed by atoms with Gasteiger partial charge in [-0.1, -0.05) is 19.1 Å². The normalized spacial score (nSPS) is 10.3. The third-order valence-electron chi connectivity index (χ3n) is 2.77. The van der Waals surface area contributed by atoms with Crippen LogP contribution in [0.5, 0.6) is 0 Å². The van der Waals surface area contributed by atoms with E-state index in [0.29, 0.717) is 6.54 Å². The molecule has 3 nitrogen and oxygen atoms in total.